The number of allylic oxidation sites excluding steroid dienone is 1. The van der Waals surface area contributed by atoms with Crippen LogP contribution in [0.5, 0.6) is 5.75 Å². The van der Waals surface area contributed by atoms with E-state index >= 15 is 0 Å². The molecule has 2 aromatic carbocycles. The zero-order valence-electron chi connectivity index (χ0n) is 14.8. The minimum absolute atomic E-state index is 0.222. The Morgan fingerprint density at radius 3 is 2.33 bits per heavy atom. The molecule has 27 heavy (non-hydrogen) atoms. The van der Waals surface area contributed by atoms with Gasteiger partial charge in [0, 0.05) is 21.2 Å². The monoisotopic (exact) mass is 507 g/mol. The number of thioether (sulfide) groups is 1. The number of ether oxygens (including phenoxy) is 1. The van der Waals surface area contributed by atoms with E-state index in [9.17, 15) is 0 Å². The summed E-state index contributed by atoms with van der Waals surface area (Å²) in [6.45, 7) is 6.48. The summed E-state index contributed by atoms with van der Waals surface area (Å²) < 4.78 is 10.2. The molecule has 140 valence electrons. The van der Waals surface area contributed by atoms with Crippen LogP contribution in [-0.2, 0) is 12.3 Å². The van der Waals surface area contributed by atoms with Crippen molar-refractivity contribution in [2.75, 3.05) is 0 Å². The van der Waals surface area contributed by atoms with Crippen LogP contribution < -0.4 is 4.74 Å². The molecule has 1 atom stereocenters. The SMILES string of the molecule is C=CCn1c(SCc2ccc(Br)cc2)nnc1C(C)Oc1ccc(Br)cc1. The van der Waals surface area contributed by atoms with Gasteiger partial charge in [0.05, 0.1) is 0 Å². The van der Waals surface area contributed by atoms with Crippen molar-refractivity contribution in [3.8, 4) is 5.75 Å². The third kappa shape index (κ3) is 5.46. The fourth-order valence-corrected chi connectivity index (χ4v) is 3.95. The molecule has 4 nitrogen and oxygen atoms in total. The zero-order valence-corrected chi connectivity index (χ0v) is 18.8. The Morgan fingerprint density at radius 2 is 1.70 bits per heavy atom. The van der Waals surface area contributed by atoms with Gasteiger partial charge in [-0.3, -0.25) is 4.57 Å². The first-order valence-electron chi connectivity index (χ1n) is 8.40. The molecule has 0 radical (unpaired) electrons. The van der Waals surface area contributed by atoms with Crippen LogP contribution in [0.15, 0.2) is 75.3 Å². The number of nitrogens with zero attached hydrogens (tertiary/aromatic N) is 3. The third-order valence-corrected chi connectivity index (χ3v) is 5.92. The van der Waals surface area contributed by atoms with Gasteiger partial charge in [0.25, 0.3) is 0 Å². The lowest BCUT2D eigenvalue weighted by atomic mass is 10.2. The van der Waals surface area contributed by atoms with Crippen LogP contribution in [0.1, 0.15) is 24.4 Å². The van der Waals surface area contributed by atoms with Gasteiger partial charge in [-0.05, 0) is 48.9 Å². The maximum Gasteiger partial charge on any atom is 0.191 e. The molecule has 7 heteroatoms. The first-order chi connectivity index (χ1) is 13.1. The van der Waals surface area contributed by atoms with Crippen molar-refractivity contribution < 1.29 is 4.74 Å². The fraction of sp³-hybridized carbons (Fsp3) is 0.200. The van der Waals surface area contributed by atoms with Gasteiger partial charge in [0.2, 0.25) is 0 Å². The van der Waals surface area contributed by atoms with Gasteiger partial charge in [0.15, 0.2) is 17.1 Å². The van der Waals surface area contributed by atoms with Crippen LogP contribution in [0.2, 0.25) is 0 Å². The Hall–Kier alpha value is -1.57. The molecule has 0 aliphatic heterocycles. The van der Waals surface area contributed by atoms with E-state index in [4.69, 9.17) is 4.74 Å². The molecular formula is C20H19Br2N3OS. The number of hydrogen-bond acceptors (Lipinski definition) is 4. The van der Waals surface area contributed by atoms with E-state index in [1.165, 1.54) is 5.56 Å². The van der Waals surface area contributed by atoms with E-state index < -0.39 is 0 Å². The van der Waals surface area contributed by atoms with Crippen LogP contribution in [-0.4, -0.2) is 14.8 Å². The smallest absolute Gasteiger partial charge is 0.191 e. The van der Waals surface area contributed by atoms with Crippen molar-refractivity contribution in [3.63, 3.8) is 0 Å². The van der Waals surface area contributed by atoms with Crippen LogP contribution in [0.25, 0.3) is 0 Å². The Kier molecular flexibility index (Phi) is 7.15. The largest absolute Gasteiger partial charge is 0.483 e. The predicted molar refractivity (Wildman–Crippen MR) is 117 cm³/mol. The highest BCUT2D eigenvalue weighted by Gasteiger charge is 2.19. The Bertz CT molecular complexity index is 895. The second-order valence-electron chi connectivity index (χ2n) is 5.87. The highest BCUT2D eigenvalue weighted by Crippen LogP contribution is 2.27. The van der Waals surface area contributed by atoms with Gasteiger partial charge in [0.1, 0.15) is 5.75 Å². The summed E-state index contributed by atoms with van der Waals surface area (Å²) in [4.78, 5) is 0. The van der Waals surface area contributed by atoms with Crippen LogP contribution in [0, 0.1) is 0 Å². The Labute approximate surface area is 180 Å². The quantitative estimate of drug-likeness (QED) is 0.260. The first kappa shape index (κ1) is 20.2. The van der Waals surface area contributed by atoms with Crippen LogP contribution in [0.4, 0.5) is 0 Å². The lowest BCUT2D eigenvalue weighted by Gasteiger charge is -2.15. The minimum atomic E-state index is -0.222. The van der Waals surface area contributed by atoms with Crippen LogP contribution >= 0.6 is 43.6 Å². The normalized spacial score (nSPS) is 12.0. The van der Waals surface area contributed by atoms with Gasteiger partial charge >= 0.3 is 0 Å². The third-order valence-electron chi connectivity index (χ3n) is 3.83. The highest BCUT2D eigenvalue weighted by atomic mass is 79.9. The molecule has 3 rings (SSSR count). The molecule has 0 N–H and O–H groups in total. The van der Waals surface area contributed by atoms with E-state index in [0.717, 1.165) is 31.4 Å². The minimum Gasteiger partial charge on any atom is -0.483 e. The van der Waals surface area contributed by atoms with Crippen LogP contribution in [0.3, 0.4) is 0 Å². The molecule has 0 fully saturated rings. The molecule has 3 aromatic rings. The van der Waals surface area contributed by atoms with E-state index in [1.54, 1.807) is 11.8 Å². The number of hydrogen-bond donors (Lipinski definition) is 0. The maximum absolute atomic E-state index is 6.04. The summed E-state index contributed by atoms with van der Waals surface area (Å²) in [5.74, 6) is 2.41. The van der Waals surface area contributed by atoms with Gasteiger partial charge in [-0.25, -0.2) is 0 Å². The lowest BCUT2D eigenvalue weighted by Crippen LogP contribution is -2.12. The summed E-state index contributed by atoms with van der Waals surface area (Å²) in [6.07, 6.45) is 1.63. The van der Waals surface area contributed by atoms with Crippen molar-refractivity contribution in [1.29, 1.82) is 0 Å². The fourth-order valence-electron chi connectivity index (χ4n) is 2.51. The number of halogens is 2. The summed E-state index contributed by atoms with van der Waals surface area (Å²) in [7, 11) is 0. The molecule has 0 amide bonds. The average molecular weight is 509 g/mol. The van der Waals surface area contributed by atoms with Gasteiger partial charge in [-0.15, -0.1) is 16.8 Å². The average Bonchev–Trinajstić information content (AvgIpc) is 3.06. The predicted octanol–water partition coefficient (Wildman–Crippen LogP) is 6.42. The molecule has 1 unspecified atom stereocenters. The second-order valence-corrected chi connectivity index (χ2v) is 8.64. The second kappa shape index (κ2) is 9.57. The molecule has 0 saturated heterocycles. The Balaban J connectivity index is 1.74. The summed E-state index contributed by atoms with van der Waals surface area (Å²) >= 11 is 8.55. The lowest BCUT2D eigenvalue weighted by molar-refractivity contribution is 0.210. The standard InChI is InChI=1S/C20H19Br2N3OS/c1-3-12-25-19(14(2)26-18-10-8-17(22)9-11-18)23-24-20(25)27-13-15-4-6-16(21)7-5-15/h3-11,14H,1,12-13H2,2H3. The molecule has 1 heterocycles. The number of benzene rings is 2. The number of aromatic nitrogens is 3. The van der Waals surface area contributed by atoms with E-state index in [2.05, 4.69) is 65.3 Å². The van der Waals surface area contributed by atoms with Gasteiger partial charge in [-0.2, -0.15) is 0 Å². The molecule has 0 aliphatic carbocycles. The van der Waals surface area contributed by atoms with Crippen molar-refractivity contribution in [3.05, 3.63) is 81.5 Å². The zero-order chi connectivity index (χ0) is 19.2. The molecule has 0 aliphatic rings. The maximum atomic E-state index is 6.04. The molecule has 1 aromatic heterocycles. The summed E-state index contributed by atoms with van der Waals surface area (Å²) in [5, 5.41) is 9.61. The van der Waals surface area contributed by atoms with E-state index in [0.29, 0.717) is 6.54 Å². The number of rotatable bonds is 8. The summed E-state index contributed by atoms with van der Waals surface area (Å²) in [5.41, 5.74) is 1.23. The highest BCUT2D eigenvalue weighted by molar-refractivity contribution is 9.10. The van der Waals surface area contributed by atoms with E-state index in [-0.39, 0.29) is 6.10 Å². The van der Waals surface area contributed by atoms with Gasteiger partial charge < -0.3 is 4.74 Å². The van der Waals surface area contributed by atoms with Crippen molar-refractivity contribution in [1.82, 2.24) is 14.8 Å². The molecule has 0 saturated carbocycles. The topological polar surface area (TPSA) is 39.9 Å². The van der Waals surface area contributed by atoms with Crippen molar-refractivity contribution in [2.45, 2.75) is 30.5 Å². The molecular weight excluding hydrogens is 490 g/mol. The molecule has 0 spiro atoms. The molecule has 0 bridgehead atoms. The van der Waals surface area contributed by atoms with E-state index in [1.807, 2.05) is 49.4 Å². The van der Waals surface area contributed by atoms with Crippen molar-refractivity contribution in [2.24, 2.45) is 0 Å². The van der Waals surface area contributed by atoms with Gasteiger partial charge in [-0.1, -0.05) is 61.8 Å². The van der Waals surface area contributed by atoms with Crippen molar-refractivity contribution >= 4 is 43.6 Å². The summed E-state index contributed by atoms with van der Waals surface area (Å²) in [6, 6.07) is 16.1. The Morgan fingerprint density at radius 1 is 1.07 bits per heavy atom. The first-order valence-corrected chi connectivity index (χ1v) is 11.0.